The molecule has 0 aromatic heterocycles. The Hall–Kier alpha value is -3.48. The molecule has 7 nitrogen and oxygen atoms in total. The van der Waals surface area contributed by atoms with Gasteiger partial charge in [0.1, 0.15) is 6.04 Å². The van der Waals surface area contributed by atoms with Crippen LogP contribution >= 0.6 is 0 Å². The lowest BCUT2D eigenvalue weighted by molar-refractivity contribution is -0.126. The van der Waals surface area contributed by atoms with Crippen molar-refractivity contribution in [2.24, 2.45) is 0 Å². The zero-order valence-electron chi connectivity index (χ0n) is 16.8. The van der Waals surface area contributed by atoms with Crippen LogP contribution in [0.4, 0.5) is 5.69 Å². The standard InChI is InChI=1S/C22H23N3O4/c1-12-9-13(2)19(14(3)10-12)24-18(26)11-23-20(27)15(4)25-21(28)16-7-5-6-8-17(16)22(25)29/h5-10,15H,11H2,1-4H3,(H,23,27)(H,24,26)/t15-/m1/s1. The minimum absolute atomic E-state index is 0.265. The first-order valence-corrected chi connectivity index (χ1v) is 9.33. The van der Waals surface area contributed by atoms with Crippen molar-refractivity contribution >= 4 is 29.3 Å². The lowest BCUT2D eigenvalue weighted by atomic mass is 10.1. The highest BCUT2D eigenvalue weighted by Crippen LogP contribution is 2.24. The van der Waals surface area contributed by atoms with E-state index in [1.807, 2.05) is 32.9 Å². The molecule has 4 amide bonds. The zero-order chi connectivity index (χ0) is 21.3. The number of nitrogens with one attached hydrogen (secondary N) is 2. The van der Waals surface area contributed by atoms with E-state index in [9.17, 15) is 19.2 Å². The summed E-state index contributed by atoms with van der Waals surface area (Å²) in [6.07, 6.45) is 0. The number of hydrogen-bond acceptors (Lipinski definition) is 4. The highest BCUT2D eigenvalue weighted by atomic mass is 16.2. The second-order valence-electron chi connectivity index (χ2n) is 7.24. The first-order chi connectivity index (χ1) is 13.7. The summed E-state index contributed by atoms with van der Waals surface area (Å²) < 4.78 is 0. The third-order valence-electron chi connectivity index (χ3n) is 4.96. The van der Waals surface area contributed by atoms with Crippen molar-refractivity contribution < 1.29 is 19.2 Å². The lowest BCUT2D eigenvalue weighted by Crippen LogP contribution is -2.49. The summed E-state index contributed by atoms with van der Waals surface area (Å²) in [6, 6.07) is 9.34. The molecule has 0 saturated heterocycles. The van der Waals surface area contributed by atoms with Gasteiger partial charge in [0.05, 0.1) is 17.7 Å². The van der Waals surface area contributed by atoms with Crippen LogP contribution in [0.15, 0.2) is 36.4 Å². The van der Waals surface area contributed by atoms with Gasteiger partial charge < -0.3 is 10.6 Å². The van der Waals surface area contributed by atoms with Gasteiger partial charge in [-0.25, -0.2) is 0 Å². The molecular formula is C22H23N3O4. The first kappa shape index (κ1) is 20.3. The van der Waals surface area contributed by atoms with Gasteiger partial charge in [0.25, 0.3) is 11.8 Å². The topological polar surface area (TPSA) is 95.6 Å². The van der Waals surface area contributed by atoms with Gasteiger partial charge in [-0.1, -0.05) is 29.8 Å². The van der Waals surface area contributed by atoms with Crippen molar-refractivity contribution in [3.63, 3.8) is 0 Å². The summed E-state index contributed by atoms with van der Waals surface area (Å²) in [5.41, 5.74) is 4.23. The SMILES string of the molecule is Cc1cc(C)c(NC(=O)CNC(=O)[C@@H](C)N2C(=O)c3ccccc3C2=O)c(C)c1. The van der Waals surface area contributed by atoms with E-state index in [1.54, 1.807) is 24.3 Å². The molecule has 1 atom stereocenters. The predicted molar refractivity (Wildman–Crippen MR) is 109 cm³/mol. The smallest absolute Gasteiger partial charge is 0.262 e. The van der Waals surface area contributed by atoms with Crippen molar-refractivity contribution in [3.05, 3.63) is 64.2 Å². The number of carbonyl (C=O) groups is 4. The Kier molecular flexibility index (Phi) is 5.50. The normalized spacial score (nSPS) is 13.9. The second kappa shape index (κ2) is 7.87. The molecule has 3 rings (SSSR count). The lowest BCUT2D eigenvalue weighted by Gasteiger charge is -2.21. The Labute approximate surface area is 169 Å². The van der Waals surface area contributed by atoms with Gasteiger partial charge >= 0.3 is 0 Å². The molecule has 0 radical (unpaired) electrons. The monoisotopic (exact) mass is 393 g/mol. The molecule has 0 spiro atoms. The number of fused-ring (bicyclic) bond motifs is 1. The summed E-state index contributed by atoms with van der Waals surface area (Å²) in [6.45, 7) is 6.98. The third kappa shape index (κ3) is 3.89. The molecule has 0 fully saturated rings. The van der Waals surface area contributed by atoms with Crippen molar-refractivity contribution in [2.45, 2.75) is 33.7 Å². The molecule has 7 heteroatoms. The number of anilines is 1. The zero-order valence-corrected chi connectivity index (χ0v) is 16.8. The Morgan fingerprint density at radius 3 is 2.00 bits per heavy atom. The fourth-order valence-corrected chi connectivity index (χ4v) is 3.55. The van der Waals surface area contributed by atoms with Crippen LogP contribution in [-0.2, 0) is 9.59 Å². The van der Waals surface area contributed by atoms with Crippen LogP contribution in [0.1, 0.15) is 44.3 Å². The number of hydrogen-bond donors (Lipinski definition) is 2. The van der Waals surface area contributed by atoms with Gasteiger partial charge in [-0.05, 0) is 51.0 Å². The van der Waals surface area contributed by atoms with Crippen LogP contribution in [-0.4, -0.2) is 41.1 Å². The average molecular weight is 393 g/mol. The molecular weight excluding hydrogens is 370 g/mol. The van der Waals surface area contributed by atoms with Crippen LogP contribution < -0.4 is 10.6 Å². The number of benzene rings is 2. The minimum Gasteiger partial charge on any atom is -0.345 e. The Balaban J connectivity index is 1.62. The summed E-state index contributed by atoms with van der Waals surface area (Å²) in [5.74, 6) is -1.98. The van der Waals surface area contributed by atoms with Gasteiger partial charge in [0.15, 0.2) is 0 Å². The number of amides is 4. The first-order valence-electron chi connectivity index (χ1n) is 9.33. The van der Waals surface area contributed by atoms with Crippen molar-refractivity contribution in [1.82, 2.24) is 10.2 Å². The van der Waals surface area contributed by atoms with E-state index < -0.39 is 23.8 Å². The van der Waals surface area contributed by atoms with E-state index in [1.165, 1.54) is 6.92 Å². The molecule has 2 aromatic rings. The van der Waals surface area contributed by atoms with E-state index in [0.717, 1.165) is 21.6 Å². The second-order valence-corrected chi connectivity index (χ2v) is 7.24. The van der Waals surface area contributed by atoms with E-state index >= 15 is 0 Å². The molecule has 0 bridgehead atoms. The van der Waals surface area contributed by atoms with E-state index in [2.05, 4.69) is 10.6 Å². The molecule has 2 N–H and O–H groups in total. The van der Waals surface area contributed by atoms with Crippen LogP contribution in [0.25, 0.3) is 0 Å². The molecule has 2 aromatic carbocycles. The average Bonchev–Trinajstić information content (AvgIpc) is 2.93. The van der Waals surface area contributed by atoms with Gasteiger partial charge in [-0.3, -0.25) is 24.1 Å². The maximum absolute atomic E-state index is 12.5. The van der Waals surface area contributed by atoms with Gasteiger partial charge in [-0.15, -0.1) is 0 Å². The van der Waals surface area contributed by atoms with Crippen molar-refractivity contribution in [3.8, 4) is 0 Å². The summed E-state index contributed by atoms with van der Waals surface area (Å²) in [7, 11) is 0. The Morgan fingerprint density at radius 2 is 1.48 bits per heavy atom. The quantitative estimate of drug-likeness (QED) is 0.763. The molecule has 1 aliphatic heterocycles. The van der Waals surface area contributed by atoms with E-state index in [0.29, 0.717) is 5.69 Å². The largest absolute Gasteiger partial charge is 0.345 e. The van der Waals surface area contributed by atoms with E-state index in [-0.39, 0.29) is 23.6 Å². The summed E-state index contributed by atoms with van der Waals surface area (Å²) in [4.78, 5) is 50.6. The highest BCUT2D eigenvalue weighted by molar-refractivity contribution is 6.22. The molecule has 150 valence electrons. The summed E-state index contributed by atoms with van der Waals surface area (Å²) in [5, 5.41) is 5.30. The Bertz CT molecular complexity index is 970. The molecule has 1 aliphatic rings. The highest BCUT2D eigenvalue weighted by Gasteiger charge is 2.40. The van der Waals surface area contributed by atoms with Crippen LogP contribution in [0.5, 0.6) is 0 Å². The third-order valence-corrected chi connectivity index (χ3v) is 4.96. The molecule has 0 unspecified atom stereocenters. The predicted octanol–water partition coefficient (Wildman–Crippen LogP) is 2.35. The fourth-order valence-electron chi connectivity index (χ4n) is 3.55. The number of aryl methyl sites for hydroxylation is 3. The fraction of sp³-hybridized carbons (Fsp3) is 0.273. The van der Waals surface area contributed by atoms with Crippen molar-refractivity contribution in [1.29, 1.82) is 0 Å². The number of nitrogens with zero attached hydrogens (tertiary/aromatic N) is 1. The minimum atomic E-state index is -1.03. The number of carbonyl (C=O) groups excluding carboxylic acids is 4. The van der Waals surface area contributed by atoms with Gasteiger partial charge in [0, 0.05) is 5.69 Å². The number of rotatable bonds is 5. The maximum atomic E-state index is 12.5. The van der Waals surface area contributed by atoms with Gasteiger partial charge in [0.2, 0.25) is 11.8 Å². The molecule has 0 saturated carbocycles. The Morgan fingerprint density at radius 1 is 0.966 bits per heavy atom. The van der Waals surface area contributed by atoms with Gasteiger partial charge in [-0.2, -0.15) is 0 Å². The van der Waals surface area contributed by atoms with Crippen LogP contribution in [0.2, 0.25) is 0 Å². The summed E-state index contributed by atoms with van der Waals surface area (Å²) >= 11 is 0. The molecule has 29 heavy (non-hydrogen) atoms. The van der Waals surface area contributed by atoms with E-state index in [4.69, 9.17) is 0 Å². The van der Waals surface area contributed by atoms with Crippen molar-refractivity contribution in [2.75, 3.05) is 11.9 Å². The number of imide groups is 1. The molecule has 0 aliphatic carbocycles. The maximum Gasteiger partial charge on any atom is 0.262 e. The van der Waals surface area contributed by atoms with Crippen LogP contribution in [0.3, 0.4) is 0 Å². The molecule has 1 heterocycles. The van der Waals surface area contributed by atoms with Crippen LogP contribution in [0, 0.1) is 20.8 Å².